The summed E-state index contributed by atoms with van der Waals surface area (Å²) in [6.45, 7) is 5.64. The van der Waals surface area contributed by atoms with Crippen molar-refractivity contribution in [2.75, 3.05) is 20.3 Å². The third-order valence-electron chi connectivity index (χ3n) is 0.595. The first-order chi connectivity index (χ1) is 4.50. The van der Waals surface area contributed by atoms with E-state index in [2.05, 4.69) is 0 Å². The van der Waals surface area contributed by atoms with E-state index in [1.807, 2.05) is 26.0 Å². The topological polar surface area (TPSA) is 29.5 Å². The van der Waals surface area contributed by atoms with Gasteiger partial charge in [0.15, 0.2) is 0 Å². The van der Waals surface area contributed by atoms with Crippen LogP contribution in [0.5, 0.6) is 0 Å². The van der Waals surface area contributed by atoms with Crippen molar-refractivity contribution in [2.24, 2.45) is 0 Å². The van der Waals surface area contributed by atoms with E-state index < -0.39 is 0 Å². The van der Waals surface area contributed by atoms with Gasteiger partial charge in [0.2, 0.25) is 0 Å². The fraction of sp³-hybridized carbons (Fsp3) is 0.714. The Morgan fingerprint density at radius 1 is 1.11 bits per heavy atom. The predicted molar refractivity (Wildman–Crippen MR) is 39.4 cm³/mol. The summed E-state index contributed by atoms with van der Waals surface area (Å²) >= 11 is 0. The maximum atomic E-state index is 7.00. The lowest BCUT2D eigenvalue weighted by Gasteiger charge is -1.77. The van der Waals surface area contributed by atoms with Crippen molar-refractivity contribution in [3.05, 3.63) is 12.2 Å². The lowest BCUT2D eigenvalue weighted by Crippen LogP contribution is -1.76. The van der Waals surface area contributed by atoms with Crippen LogP contribution in [0.25, 0.3) is 0 Å². The Labute approximate surface area is 57.2 Å². The van der Waals surface area contributed by atoms with E-state index in [-0.39, 0.29) is 0 Å². The molecule has 0 atom stereocenters. The molecule has 0 saturated heterocycles. The Morgan fingerprint density at radius 3 is 1.56 bits per heavy atom. The highest BCUT2D eigenvalue weighted by Crippen LogP contribution is 1.85. The van der Waals surface area contributed by atoms with Crippen LogP contribution in [-0.4, -0.2) is 25.4 Å². The summed E-state index contributed by atoms with van der Waals surface area (Å²) in [5.74, 6) is 0. The first kappa shape index (κ1) is 11.5. The van der Waals surface area contributed by atoms with Gasteiger partial charge in [-0.3, -0.25) is 0 Å². The van der Waals surface area contributed by atoms with Crippen LogP contribution in [0, 0.1) is 0 Å². The highest BCUT2D eigenvalue weighted by Gasteiger charge is 1.83. The normalized spacial score (nSPS) is 12.9. The van der Waals surface area contributed by atoms with Gasteiger partial charge in [0.25, 0.3) is 0 Å². The van der Waals surface area contributed by atoms with Crippen molar-refractivity contribution in [1.82, 2.24) is 0 Å². The van der Waals surface area contributed by atoms with Crippen molar-refractivity contribution in [3.63, 3.8) is 0 Å². The van der Waals surface area contributed by atoms with Gasteiger partial charge in [-0.2, -0.15) is 0 Å². The molecule has 0 aromatic carbocycles. The molecule has 0 saturated carbocycles. The Kier molecular flexibility index (Phi) is 19.9. The van der Waals surface area contributed by atoms with Crippen LogP contribution < -0.4 is 0 Å². The van der Waals surface area contributed by atoms with E-state index in [1.165, 1.54) is 0 Å². The average Bonchev–Trinajstić information content (AvgIpc) is 2.51. The Bertz CT molecular complexity index is 44.9. The largest absolute Gasteiger partial charge is 0.400 e. The molecule has 0 bridgehead atoms. The van der Waals surface area contributed by atoms with Crippen molar-refractivity contribution < 1.29 is 9.84 Å². The molecule has 0 radical (unpaired) electrons. The molecule has 9 heavy (non-hydrogen) atoms. The number of ether oxygens (including phenoxy) is 1. The number of hydrogen-bond acceptors (Lipinski definition) is 2. The zero-order chi connectivity index (χ0) is 7.54. The molecular formula is C7H16O2. The zero-order valence-corrected chi connectivity index (χ0v) is 6.42. The molecule has 0 aromatic heterocycles. The van der Waals surface area contributed by atoms with Crippen molar-refractivity contribution in [3.8, 4) is 0 Å². The van der Waals surface area contributed by atoms with E-state index in [0.29, 0.717) is 0 Å². The van der Waals surface area contributed by atoms with Gasteiger partial charge in [-0.15, -0.1) is 0 Å². The second-order valence-corrected chi connectivity index (χ2v) is 1.01. The number of aliphatic hydroxyl groups excluding tert-OH is 1. The van der Waals surface area contributed by atoms with E-state index in [4.69, 9.17) is 9.84 Å². The summed E-state index contributed by atoms with van der Waals surface area (Å²) in [5, 5.41) is 7.00. The van der Waals surface area contributed by atoms with Crippen LogP contribution in [0.1, 0.15) is 13.8 Å². The number of hydrogen-bond donors (Lipinski definition) is 1. The minimum atomic E-state index is 0.819. The lowest BCUT2D eigenvalue weighted by molar-refractivity contribution is 0.213. The van der Waals surface area contributed by atoms with Gasteiger partial charge in [0.05, 0.1) is 13.2 Å². The van der Waals surface area contributed by atoms with Crippen LogP contribution in [0.4, 0.5) is 0 Å². The van der Waals surface area contributed by atoms with Crippen LogP contribution >= 0.6 is 0 Å². The fourth-order valence-electron chi connectivity index (χ4n) is 0.340. The highest BCUT2D eigenvalue weighted by atomic mass is 16.5. The van der Waals surface area contributed by atoms with Crippen LogP contribution in [0.15, 0.2) is 12.2 Å². The predicted octanol–water partition coefficient (Wildman–Crippen LogP) is 1.21. The Hall–Kier alpha value is -0.340. The molecule has 2 nitrogen and oxygen atoms in total. The fourth-order valence-corrected chi connectivity index (χ4v) is 0.340. The van der Waals surface area contributed by atoms with Gasteiger partial charge in [-0.05, 0) is 0 Å². The minimum Gasteiger partial charge on any atom is -0.400 e. The molecule has 56 valence electrons. The lowest BCUT2D eigenvalue weighted by atomic mass is 10.6. The minimum absolute atomic E-state index is 0.819. The van der Waals surface area contributed by atoms with E-state index in [1.54, 1.807) is 0 Å². The smallest absolute Gasteiger partial charge is 0.0652 e. The van der Waals surface area contributed by atoms with E-state index >= 15 is 0 Å². The summed E-state index contributed by atoms with van der Waals surface area (Å²) in [6.07, 6.45) is 4.03. The van der Waals surface area contributed by atoms with Gasteiger partial charge in [0.1, 0.15) is 0 Å². The van der Waals surface area contributed by atoms with Gasteiger partial charge in [-0.25, -0.2) is 0 Å². The van der Waals surface area contributed by atoms with Crippen LogP contribution in [-0.2, 0) is 4.74 Å². The molecule has 1 N–H and O–H groups in total. The molecule has 1 aliphatic rings. The molecule has 0 aromatic rings. The van der Waals surface area contributed by atoms with Crippen LogP contribution in [0.2, 0.25) is 0 Å². The quantitative estimate of drug-likeness (QED) is 0.502. The zero-order valence-electron chi connectivity index (χ0n) is 6.42. The third kappa shape index (κ3) is 11.3. The van der Waals surface area contributed by atoms with Gasteiger partial charge >= 0.3 is 0 Å². The van der Waals surface area contributed by atoms with Gasteiger partial charge < -0.3 is 9.84 Å². The number of rotatable bonds is 0. The van der Waals surface area contributed by atoms with Crippen molar-refractivity contribution in [2.45, 2.75) is 13.8 Å². The molecule has 0 unspecified atom stereocenters. The maximum Gasteiger partial charge on any atom is 0.0652 e. The average molecular weight is 132 g/mol. The molecule has 1 heterocycles. The molecular weight excluding hydrogens is 116 g/mol. The van der Waals surface area contributed by atoms with Crippen LogP contribution in [0.3, 0.4) is 0 Å². The van der Waals surface area contributed by atoms with Crippen molar-refractivity contribution in [1.29, 1.82) is 0 Å². The summed E-state index contributed by atoms with van der Waals surface area (Å²) in [5.41, 5.74) is 0. The number of aliphatic hydroxyl groups is 1. The first-order valence-corrected chi connectivity index (χ1v) is 3.17. The summed E-state index contributed by atoms with van der Waals surface area (Å²) < 4.78 is 4.83. The molecule has 2 heteroatoms. The molecule has 0 amide bonds. The van der Waals surface area contributed by atoms with Gasteiger partial charge in [-0.1, -0.05) is 26.0 Å². The second kappa shape index (κ2) is 15.6. The van der Waals surface area contributed by atoms with Crippen molar-refractivity contribution >= 4 is 0 Å². The first-order valence-electron chi connectivity index (χ1n) is 3.17. The molecule has 0 aliphatic carbocycles. The Morgan fingerprint density at radius 2 is 1.44 bits per heavy atom. The molecule has 1 rings (SSSR count). The monoisotopic (exact) mass is 132 g/mol. The SMILES string of the molecule is C1=CCOC1.CC.CO. The molecule has 0 spiro atoms. The Balaban J connectivity index is 0. The third-order valence-corrected chi connectivity index (χ3v) is 0.595. The summed E-state index contributed by atoms with van der Waals surface area (Å²) in [7, 11) is 1.00. The highest BCUT2D eigenvalue weighted by molar-refractivity contribution is 4.86. The van der Waals surface area contributed by atoms with Gasteiger partial charge in [0, 0.05) is 7.11 Å². The second-order valence-electron chi connectivity index (χ2n) is 1.01. The standard InChI is InChI=1S/C4H6O.C2H6.CH4O/c1-2-4-5-3-1;2*1-2/h1-2H,3-4H2;1-2H3;2H,1H3. The summed E-state index contributed by atoms with van der Waals surface area (Å²) in [6, 6.07) is 0. The van der Waals surface area contributed by atoms with E-state index in [9.17, 15) is 0 Å². The molecule has 0 fully saturated rings. The maximum absolute atomic E-state index is 7.00. The molecule has 1 aliphatic heterocycles. The summed E-state index contributed by atoms with van der Waals surface area (Å²) in [4.78, 5) is 0. The van der Waals surface area contributed by atoms with E-state index in [0.717, 1.165) is 20.3 Å².